The highest BCUT2D eigenvalue weighted by Crippen LogP contribution is 1.94. The van der Waals surface area contributed by atoms with Crippen LogP contribution in [-0.4, -0.2) is 6.04 Å². The maximum Gasteiger partial charge on any atom is 0.0306 e. The highest BCUT2D eigenvalue weighted by molar-refractivity contribution is 6.29. The molecule has 0 heterocycles. The van der Waals surface area contributed by atoms with Crippen molar-refractivity contribution >= 4 is 11.6 Å². The Hall–Kier alpha value is -0.170. The topological polar surface area (TPSA) is 12.0 Å². The van der Waals surface area contributed by atoms with Gasteiger partial charge in [0.25, 0.3) is 0 Å². The third-order valence-electron chi connectivity index (χ3n) is 0.616. The lowest BCUT2D eigenvalue weighted by atomic mass is 10.4. The molecule has 0 aromatic rings. The SMILES string of the molecule is C/C(Cl)=C\NC(C)C. The van der Waals surface area contributed by atoms with Crippen molar-refractivity contribution in [2.24, 2.45) is 0 Å². The van der Waals surface area contributed by atoms with Crippen LogP contribution in [0.3, 0.4) is 0 Å². The molecule has 48 valence electrons. The molecular weight excluding hydrogens is 122 g/mol. The van der Waals surface area contributed by atoms with Gasteiger partial charge in [-0.05, 0) is 20.8 Å². The van der Waals surface area contributed by atoms with Crippen LogP contribution in [-0.2, 0) is 0 Å². The molecule has 0 bridgehead atoms. The summed E-state index contributed by atoms with van der Waals surface area (Å²) < 4.78 is 0. The third kappa shape index (κ3) is 5.83. The van der Waals surface area contributed by atoms with Gasteiger partial charge in [0.05, 0.1) is 0 Å². The van der Waals surface area contributed by atoms with Gasteiger partial charge in [-0.2, -0.15) is 0 Å². The van der Waals surface area contributed by atoms with Crippen LogP contribution in [0, 0.1) is 0 Å². The van der Waals surface area contributed by atoms with Crippen molar-refractivity contribution in [2.45, 2.75) is 26.8 Å². The van der Waals surface area contributed by atoms with Crippen LogP contribution < -0.4 is 5.32 Å². The smallest absolute Gasteiger partial charge is 0.0306 e. The van der Waals surface area contributed by atoms with Crippen LogP contribution in [0.4, 0.5) is 0 Å². The van der Waals surface area contributed by atoms with E-state index in [0.717, 1.165) is 5.03 Å². The molecule has 0 radical (unpaired) electrons. The second kappa shape index (κ2) is 3.79. The second-order valence-corrected chi connectivity index (χ2v) is 2.65. The van der Waals surface area contributed by atoms with Crippen molar-refractivity contribution in [3.8, 4) is 0 Å². The fraction of sp³-hybridized carbons (Fsp3) is 0.667. The molecule has 8 heavy (non-hydrogen) atoms. The molecule has 0 unspecified atom stereocenters. The Morgan fingerprint density at radius 3 is 2.25 bits per heavy atom. The summed E-state index contributed by atoms with van der Waals surface area (Å²) in [6.07, 6.45) is 1.80. The molecule has 0 atom stereocenters. The van der Waals surface area contributed by atoms with E-state index in [1.54, 1.807) is 6.20 Å². The van der Waals surface area contributed by atoms with E-state index in [-0.39, 0.29) is 0 Å². The maximum absolute atomic E-state index is 5.52. The first-order valence-electron chi connectivity index (χ1n) is 2.71. The van der Waals surface area contributed by atoms with E-state index >= 15 is 0 Å². The molecule has 0 saturated carbocycles. The average molecular weight is 134 g/mol. The molecule has 0 saturated heterocycles. The Bertz CT molecular complexity index is 82.5. The average Bonchev–Trinajstić information content (AvgIpc) is 1.61. The molecule has 0 aliphatic heterocycles. The van der Waals surface area contributed by atoms with Crippen LogP contribution in [0.5, 0.6) is 0 Å². The Morgan fingerprint density at radius 1 is 1.62 bits per heavy atom. The van der Waals surface area contributed by atoms with Crippen LogP contribution >= 0.6 is 11.6 Å². The molecule has 0 spiro atoms. The van der Waals surface area contributed by atoms with E-state index in [4.69, 9.17) is 11.6 Å². The summed E-state index contributed by atoms with van der Waals surface area (Å²) in [4.78, 5) is 0. The van der Waals surface area contributed by atoms with Crippen LogP contribution in [0.25, 0.3) is 0 Å². The molecule has 0 rings (SSSR count). The minimum atomic E-state index is 0.476. The first-order valence-corrected chi connectivity index (χ1v) is 3.09. The number of allylic oxidation sites excluding steroid dienone is 1. The fourth-order valence-corrected chi connectivity index (χ4v) is 0.344. The maximum atomic E-state index is 5.52. The summed E-state index contributed by atoms with van der Waals surface area (Å²) in [5.41, 5.74) is 0. The first-order chi connectivity index (χ1) is 3.63. The Labute approximate surface area is 55.7 Å². The van der Waals surface area contributed by atoms with Gasteiger partial charge in [0.2, 0.25) is 0 Å². The molecule has 0 aromatic carbocycles. The van der Waals surface area contributed by atoms with Crippen LogP contribution in [0.15, 0.2) is 11.2 Å². The minimum absolute atomic E-state index is 0.476. The quantitative estimate of drug-likeness (QED) is 0.608. The first kappa shape index (κ1) is 7.83. The lowest BCUT2D eigenvalue weighted by Gasteiger charge is -2.02. The van der Waals surface area contributed by atoms with E-state index in [2.05, 4.69) is 19.2 Å². The molecule has 1 nitrogen and oxygen atoms in total. The van der Waals surface area contributed by atoms with Gasteiger partial charge in [-0.3, -0.25) is 0 Å². The number of rotatable bonds is 2. The summed E-state index contributed by atoms with van der Waals surface area (Å²) in [6.45, 7) is 5.98. The van der Waals surface area contributed by atoms with Gasteiger partial charge in [-0.25, -0.2) is 0 Å². The lowest BCUT2D eigenvalue weighted by molar-refractivity contribution is 0.701. The Kier molecular flexibility index (Phi) is 3.71. The highest BCUT2D eigenvalue weighted by atomic mass is 35.5. The van der Waals surface area contributed by atoms with Gasteiger partial charge in [-0.1, -0.05) is 11.6 Å². The fourth-order valence-electron chi connectivity index (χ4n) is 0.281. The molecule has 0 amide bonds. The Morgan fingerprint density at radius 2 is 2.12 bits per heavy atom. The number of halogens is 1. The Balaban J connectivity index is 3.29. The van der Waals surface area contributed by atoms with Crippen LogP contribution in [0.2, 0.25) is 0 Å². The van der Waals surface area contributed by atoms with Crippen molar-refractivity contribution in [1.82, 2.24) is 5.32 Å². The van der Waals surface area contributed by atoms with Gasteiger partial charge in [0.1, 0.15) is 0 Å². The highest BCUT2D eigenvalue weighted by Gasteiger charge is 1.83. The summed E-state index contributed by atoms with van der Waals surface area (Å²) in [7, 11) is 0. The van der Waals surface area contributed by atoms with E-state index in [1.807, 2.05) is 6.92 Å². The molecule has 0 aromatic heterocycles. The molecule has 1 N–H and O–H groups in total. The second-order valence-electron chi connectivity index (χ2n) is 2.05. The van der Waals surface area contributed by atoms with E-state index in [1.165, 1.54) is 0 Å². The number of hydrogen-bond donors (Lipinski definition) is 1. The zero-order chi connectivity index (χ0) is 6.57. The summed E-state index contributed by atoms with van der Waals surface area (Å²) in [6, 6.07) is 0.476. The zero-order valence-electron chi connectivity index (χ0n) is 5.53. The standard InChI is InChI=1S/C6H12ClN/c1-5(2)8-4-6(3)7/h4-5,8H,1-3H3/b6-4+. The summed E-state index contributed by atoms with van der Waals surface area (Å²) in [5.74, 6) is 0. The summed E-state index contributed by atoms with van der Waals surface area (Å²) >= 11 is 5.52. The number of nitrogens with one attached hydrogen (secondary N) is 1. The monoisotopic (exact) mass is 133 g/mol. The van der Waals surface area contributed by atoms with Gasteiger partial charge < -0.3 is 5.32 Å². The predicted octanol–water partition coefficient (Wildman–Crippen LogP) is 2.08. The number of hydrogen-bond acceptors (Lipinski definition) is 1. The summed E-state index contributed by atoms with van der Waals surface area (Å²) in [5, 5.41) is 3.84. The molecule has 0 aliphatic rings. The van der Waals surface area contributed by atoms with Crippen molar-refractivity contribution in [3.63, 3.8) is 0 Å². The van der Waals surface area contributed by atoms with E-state index in [9.17, 15) is 0 Å². The van der Waals surface area contributed by atoms with Crippen molar-refractivity contribution in [1.29, 1.82) is 0 Å². The molecule has 0 fully saturated rings. The van der Waals surface area contributed by atoms with Crippen molar-refractivity contribution < 1.29 is 0 Å². The zero-order valence-corrected chi connectivity index (χ0v) is 6.29. The minimum Gasteiger partial charge on any atom is -0.388 e. The van der Waals surface area contributed by atoms with E-state index in [0.29, 0.717) is 6.04 Å². The molecule has 0 aliphatic carbocycles. The van der Waals surface area contributed by atoms with E-state index < -0.39 is 0 Å². The predicted molar refractivity (Wildman–Crippen MR) is 37.9 cm³/mol. The van der Waals surface area contributed by atoms with Crippen molar-refractivity contribution in [3.05, 3.63) is 11.2 Å². The van der Waals surface area contributed by atoms with Gasteiger partial charge in [0.15, 0.2) is 0 Å². The molecular formula is C6H12ClN. The van der Waals surface area contributed by atoms with Gasteiger partial charge >= 0.3 is 0 Å². The normalized spacial score (nSPS) is 12.4. The third-order valence-corrected chi connectivity index (χ3v) is 0.725. The molecule has 2 heteroatoms. The van der Waals surface area contributed by atoms with Gasteiger partial charge in [0, 0.05) is 17.3 Å². The van der Waals surface area contributed by atoms with Crippen molar-refractivity contribution in [2.75, 3.05) is 0 Å². The van der Waals surface area contributed by atoms with Gasteiger partial charge in [-0.15, -0.1) is 0 Å². The van der Waals surface area contributed by atoms with Crippen LogP contribution in [0.1, 0.15) is 20.8 Å². The largest absolute Gasteiger partial charge is 0.388 e. The lowest BCUT2D eigenvalue weighted by Crippen LogP contribution is -2.15.